The van der Waals surface area contributed by atoms with Crippen LogP contribution in [0.5, 0.6) is 0 Å². The van der Waals surface area contributed by atoms with Gasteiger partial charge in [-0.05, 0) is 31.5 Å². The van der Waals surface area contributed by atoms with E-state index in [4.69, 9.17) is 0 Å². The molecule has 2 aromatic rings. The van der Waals surface area contributed by atoms with E-state index in [2.05, 4.69) is 10.6 Å². The minimum absolute atomic E-state index is 0.123. The van der Waals surface area contributed by atoms with Crippen molar-refractivity contribution < 1.29 is 14.4 Å². The Labute approximate surface area is 149 Å². The van der Waals surface area contributed by atoms with Crippen molar-refractivity contribution in [2.45, 2.75) is 25.9 Å². The van der Waals surface area contributed by atoms with E-state index in [1.807, 2.05) is 18.2 Å². The van der Waals surface area contributed by atoms with Crippen LogP contribution in [-0.4, -0.2) is 44.0 Å². The van der Waals surface area contributed by atoms with Crippen molar-refractivity contribution >= 4 is 28.9 Å². The predicted molar refractivity (Wildman–Crippen MR) is 94.3 cm³/mol. The van der Waals surface area contributed by atoms with E-state index >= 15 is 0 Å². The maximum Gasteiger partial charge on any atom is 0.328 e. The van der Waals surface area contributed by atoms with E-state index in [9.17, 15) is 19.2 Å². The molecule has 1 aliphatic rings. The third-order valence-electron chi connectivity index (χ3n) is 4.57. The monoisotopic (exact) mass is 359 g/mol. The summed E-state index contributed by atoms with van der Waals surface area (Å²) in [5.74, 6) is -0.869. The molecule has 1 aromatic carbocycles. The number of carbonyl (C=O) groups is 3. The van der Waals surface area contributed by atoms with Gasteiger partial charge in [0, 0.05) is 20.6 Å². The highest BCUT2D eigenvalue weighted by Gasteiger charge is 2.44. The third kappa shape index (κ3) is 2.85. The molecule has 0 bridgehead atoms. The van der Waals surface area contributed by atoms with Crippen LogP contribution in [-0.2, 0) is 30.2 Å². The number of carbonyl (C=O) groups excluding carboxylic acids is 3. The molecule has 0 saturated carbocycles. The SMILES string of the molecule is Cn1c(=O)n(C)c2cc(CNC(=O)CN3C(=O)NC(C)(C)C3=O)ccc21. The second kappa shape index (κ2) is 6.01. The van der Waals surface area contributed by atoms with Crippen LogP contribution in [0.25, 0.3) is 11.0 Å². The van der Waals surface area contributed by atoms with Crippen LogP contribution in [0.2, 0.25) is 0 Å². The molecule has 0 spiro atoms. The standard InChI is InChI=1S/C17H21N5O4/c1-17(2)14(24)22(15(25)19-17)9-13(23)18-8-10-5-6-11-12(7-10)21(4)16(26)20(11)3/h5-7H,8-9H2,1-4H3,(H,18,23)(H,19,25). The molecule has 0 radical (unpaired) electrons. The molecule has 26 heavy (non-hydrogen) atoms. The Morgan fingerprint density at radius 1 is 1.12 bits per heavy atom. The molecule has 1 saturated heterocycles. The summed E-state index contributed by atoms with van der Waals surface area (Å²) >= 11 is 0. The fourth-order valence-corrected chi connectivity index (χ4v) is 3.02. The first-order chi connectivity index (χ1) is 12.1. The predicted octanol–water partition coefficient (Wildman–Crippen LogP) is -0.176. The Balaban J connectivity index is 1.68. The number of hydrogen-bond donors (Lipinski definition) is 2. The maximum absolute atomic E-state index is 12.1. The second-order valence-electron chi connectivity index (χ2n) is 6.95. The van der Waals surface area contributed by atoms with E-state index in [-0.39, 0.29) is 18.8 Å². The number of aromatic nitrogens is 2. The molecule has 2 N–H and O–H groups in total. The van der Waals surface area contributed by atoms with Gasteiger partial charge in [0.05, 0.1) is 11.0 Å². The minimum atomic E-state index is -1.000. The summed E-state index contributed by atoms with van der Waals surface area (Å²) in [5, 5.41) is 5.22. The summed E-state index contributed by atoms with van der Waals surface area (Å²) in [4.78, 5) is 48.9. The fourth-order valence-electron chi connectivity index (χ4n) is 3.02. The number of nitrogens with zero attached hydrogens (tertiary/aromatic N) is 3. The van der Waals surface area contributed by atoms with Crippen molar-refractivity contribution in [2.75, 3.05) is 6.54 Å². The number of hydrogen-bond acceptors (Lipinski definition) is 4. The topological polar surface area (TPSA) is 105 Å². The fraction of sp³-hybridized carbons (Fsp3) is 0.412. The van der Waals surface area contributed by atoms with Gasteiger partial charge < -0.3 is 10.6 Å². The summed E-state index contributed by atoms with van der Waals surface area (Å²) in [7, 11) is 3.39. The Morgan fingerprint density at radius 2 is 1.77 bits per heavy atom. The van der Waals surface area contributed by atoms with Crippen LogP contribution < -0.4 is 16.3 Å². The number of benzene rings is 1. The summed E-state index contributed by atoms with van der Waals surface area (Å²) in [6, 6.07) is 4.89. The maximum atomic E-state index is 12.1. The lowest BCUT2D eigenvalue weighted by molar-refractivity contribution is -0.134. The van der Waals surface area contributed by atoms with E-state index in [0.717, 1.165) is 21.5 Å². The summed E-state index contributed by atoms with van der Waals surface area (Å²) in [6.07, 6.45) is 0. The van der Waals surface area contributed by atoms with Crippen LogP contribution in [0.3, 0.4) is 0 Å². The van der Waals surface area contributed by atoms with Crippen LogP contribution in [0.15, 0.2) is 23.0 Å². The van der Waals surface area contributed by atoms with E-state index < -0.39 is 23.4 Å². The van der Waals surface area contributed by atoms with Crippen molar-refractivity contribution in [3.8, 4) is 0 Å². The van der Waals surface area contributed by atoms with Gasteiger partial charge >= 0.3 is 11.7 Å². The van der Waals surface area contributed by atoms with Crippen LogP contribution >= 0.6 is 0 Å². The molecule has 0 aliphatic carbocycles. The Bertz CT molecular complexity index is 985. The van der Waals surface area contributed by atoms with E-state index in [1.54, 1.807) is 32.5 Å². The molecule has 138 valence electrons. The number of urea groups is 1. The Hall–Kier alpha value is -3.10. The molecule has 0 unspecified atom stereocenters. The number of aryl methyl sites for hydroxylation is 2. The number of imide groups is 1. The number of imidazole rings is 1. The van der Waals surface area contributed by atoms with Crippen LogP contribution in [0, 0.1) is 0 Å². The number of fused-ring (bicyclic) bond motifs is 1. The first-order valence-corrected chi connectivity index (χ1v) is 8.17. The lowest BCUT2D eigenvalue weighted by atomic mass is 10.1. The van der Waals surface area contributed by atoms with Gasteiger partial charge in [0.2, 0.25) is 5.91 Å². The molecule has 9 nitrogen and oxygen atoms in total. The lowest BCUT2D eigenvalue weighted by Crippen LogP contribution is -2.43. The molecule has 3 rings (SSSR count). The average Bonchev–Trinajstić information content (AvgIpc) is 2.92. The summed E-state index contributed by atoms with van der Waals surface area (Å²) in [5.41, 5.74) is 1.25. The first-order valence-electron chi connectivity index (χ1n) is 8.17. The van der Waals surface area contributed by atoms with Gasteiger partial charge in [-0.25, -0.2) is 9.59 Å². The second-order valence-corrected chi connectivity index (χ2v) is 6.95. The van der Waals surface area contributed by atoms with Gasteiger partial charge in [-0.1, -0.05) is 6.07 Å². The van der Waals surface area contributed by atoms with Gasteiger partial charge in [0.1, 0.15) is 12.1 Å². The number of nitrogens with one attached hydrogen (secondary N) is 2. The normalized spacial score (nSPS) is 16.2. The highest BCUT2D eigenvalue weighted by molar-refractivity contribution is 6.08. The molecule has 0 atom stereocenters. The molecule has 1 aliphatic heterocycles. The summed E-state index contributed by atoms with van der Waals surface area (Å²) in [6.45, 7) is 3.07. The van der Waals surface area contributed by atoms with Gasteiger partial charge in [0.15, 0.2) is 0 Å². The number of rotatable bonds is 4. The van der Waals surface area contributed by atoms with Crippen molar-refractivity contribution in [1.29, 1.82) is 0 Å². The molecular weight excluding hydrogens is 338 g/mol. The molecule has 2 heterocycles. The molecule has 1 aromatic heterocycles. The van der Waals surface area contributed by atoms with Gasteiger partial charge in [-0.15, -0.1) is 0 Å². The summed E-state index contributed by atoms with van der Waals surface area (Å²) < 4.78 is 3.09. The van der Waals surface area contributed by atoms with Crippen LogP contribution in [0.1, 0.15) is 19.4 Å². The van der Waals surface area contributed by atoms with Gasteiger partial charge in [-0.3, -0.25) is 23.6 Å². The highest BCUT2D eigenvalue weighted by atomic mass is 16.2. The zero-order chi connectivity index (χ0) is 19.2. The van der Waals surface area contributed by atoms with Gasteiger partial charge in [0.25, 0.3) is 5.91 Å². The first kappa shape index (κ1) is 17.7. The third-order valence-corrected chi connectivity index (χ3v) is 4.57. The minimum Gasteiger partial charge on any atom is -0.350 e. The lowest BCUT2D eigenvalue weighted by Gasteiger charge is -2.15. The van der Waals surface area contributed by atoms with Crippen LogP contribution in [0.4, 0.5) is 4.79 Å². The smallest absolute Gasteiger partial charge is 0.328 e. The molecule has 1 fully saturated rings. The van der Waals surface area contributed by atoms with Gasteiger partial charge in [-0.2, -0.15) is 0 Å². The molecule has 9 heteroatoms. The largest absolute Gasteiger partial charge is 0.350 e. The van der Waals surface area contributed by atoms with Crippen molar-refractivity contribution in [2.24, 2.45) is 14.1 Å². The Morgan fingerprint density at radius 3 is 2.38 bits per heavy atom. The highest BCUT2D eigenvalue weighted by Crippen LogP contribution is 2.16. The van der Waals surface area contributed by atoms with Crippen molar-refractivity contribution in [3.63, 3.8) is 0 Å². The molecular formula is C17H21N5O4. The van der Waals surface area contributed by atoms with Crippen molar-refractivity contribution in [3.05, 3.63) is 34.2 Å². The average molecular weight is 359 g/mol. The number of amides is 4. The zero-order valence-electron chi connectivity index (χ0n) is 15.1. The zero-order valence-corrected chi connectivity index (χ0v) is 15.1. The van der Waals surface area contributed by atoms with E-state index in [0.29, 0.717) is 0 Å². The quantitative estimate of drug-likeness (QED) is 0.739. The molecule has 4 amide bonds. The Kier molecular flexibility index (Phi) is 4.09. The van der Waals surface area contributed by atoms with E-state index in [1.165, 1.54) is 4.57 Å². The van der Waals surface area contributed by atoms with Crippen molar-refractivity contribution in [1.82, 2.24) is 24.7 Å².